The summed E-state index contributed by atoms with van der Waals surface area (Å²) in [6.45, 7) is 10.5. The molecule has 4 aromatic rings. The first-order chi connectivity index (χ1) is 15.8. The molecule has 0 saturated heterocycles. The highest BCUT2D eigenvalue weighted by Gasteiger charge is 2.21. The zero-order valence-corrected chi connectivity index (χ0v) is 18.4. The topological polar surface area (TPSA) is 61.8 Å². The van der Waals surface area contributed by atoms with Crippen molar-refractivity contribution in [1.29, 1.82) is 0 Å². The Kier molecular flexibility index (Phi) is 5.96. The molecule has 4 rings (SSSR count). The van der Waals surface area contributed by atoms with E-state index in [1.807, 2.05) is 48.5 Å². The van der Waals surface area contributed by atoms with Crippen molar-refractivity contribution < 1.29 is 23.8 Å². The lowest BCUT2D eigenvalue weighted by Crippen LogP contribution is -2.11. The fourth-order valence-corrected chi connectivity index (χ4v) is 3.35. The van der Waals surface area contributed by atoms with Crippen LogP contribution in [0.5, 0.6) is 23.0 Å². The number of carbonyl (C=O) groups is 2. The van der Waals surface area contributed by atoms with Gasteiger partial charge in [0.2, 0.25) is 0 Å². The Morgan fingerprint density at radius 1 is 0.606 bits per heavy atom. The van der Waals surface area contributed by atoms with Crippen LogP contribution in [0, 0.1) is 0 Å². The summed E-state index contributed by atoms with van der Waals surface area (Å²) in [6, 6.07) is 21.9. The van der Waals surface area contributed by atoms with Crippen molar-refractivity contribution in [1.82, 2.24) is 0 Å². The Hall–Kier alpha value is -4.38. The second-order valence-electron chi connectivity index (χ2n) is 7.67. The molecule has 33 heavy (non-hydrogen) atoms. The van der Waals surface area contributed by atoms with Gasteiger partial charge in [0, 0.05) is 32.7 Å². The van der Waals surface area contributed by atoms with Gasteiger partial charge in [-0.1, -0.05) is 55.6 Å². The maximum atomic E-state index is 12.5. The average Bonchev–Trinajstić information content (AvgIpc) is 2.81. The lowest BCUT2D eigenvalue weighted by Gasteiger charge is -2.17. The normalized spacial score (nSPS) is 10.6. The number of benzene rings is 4. The molecule has 0 radical (unpaired) electrons. The number of ether oxygens (including phenoxy) is 3. The molecule has 0 fully saturated rings. The van der Waals surface area contributed by atoms with Crippen LogP contribution >= 0.6 is 0 Å². The molecular formula is C28H22O5. The van der Waals surface area contributed by atoms with Gasteiger partial charge < -0.3 is 14.2 Å². The summed E-state index contributed by atoms with van der Waals surface area (Å²) in [5.41, 5.74) is 0.538. The molecule has 5 heteroatoms. The summed E-state index contributed by atoms with van der Waals surface area (Å²) in [4.78, 5) is 24.9. The Labute approximate surface area is 191 Å². The van der Waals surface area contributed by atoms with Gasteiger partial charge in [-0.15, -0.1) is 0 Å². The fourth-order valence-electron chi connectivity index (χ4n) is 3.35. The van der Waals surface area contributed by atoms with Gasteiger partial charge in [-0.2, -0.15) is 0 Å². The summed E-state index contributed by atoms with van der Waals surface area (Å²) in [5, 5.41) is 2.39. The minimum Gasteiger partial charge on any atom is -0.457 e. The van der Waals surface area contributed by atoms with Gasteiger partial charge in [0.15, 0.2) is 0 Å². The van der Waals surface area contributed by atoms with Gasteiger partial charge in [0.1, 0.15) is 23.0 Å². The molecule has 5 nitrogen and oxygen atoms in total. The third-order valence-electron chi connectivity index (χ3n) is 4.96. The maximum absolute atomic E-state index is 12.5. The highest BCUT2D eigenvalue weighted by molar-refractivity contribution is 6.14. The monoisotopic (exact) mass is 438 g/mol. The van der Waals surface area contributed by atoms with Crippen molar-refractivity contribution >= 4 is 33.5 Å². The van der Waals surface area contributed by atoms with Crippen LogP contribution in [0.4, 0.5) is 0 Å². The van der Waals surface area contributed by atoms with E-state index < -0.39 is 11.9 Å². The van der Waals surface area contributed by atoms with Crippen LogP contribution in [0.15, 0.2) is 97.1 Å². The van der Waals surface area contributed by atoms with Gasteiger partial charge in [0.25, 0.3) is 0 Å². The third kappa shape index (κ3) is 4.48. The predicted molar refractivity (Wildman–Crippen MR) is 129 cm³/mol. The van der Waals surface area contributed by atoms with Crippen molar-refractivity contribution in [3.05, 3.63) is 97.1 Å². The minimum absolute atomic E-state index is 0.265. The zero-order valence-electron chi connectivity index (χ0n) is 18.4. The molecular weight excluding hydrogens is 416 g/mol. The Bertz CT molecular complexity index is 1420. The number of fused-ring (bicyclic) bond motifs is 2. The van der Waals surface area contributed by atoms with Crippen LogP contribution < -0.4 is 14.2 Å². The van der Waals surface area contributed by atoms with E-state index in [4.69, 9.17) is 14.2 Å². The van der Waals surface area contributed by atoms with Gasteiger partial charge in [0.05, 0.1) is 0 Å². The average molecular weight is 438 g/mol. The molecule has 0 amide bonds. The van der Waals surface area contributed by atoms with Crippen molar-refractivity contribution in [2.24, 2.45) is 0 Å². The van der Waals surface area contributed by atoms with E-state index in [0.29, 0.717) is 44.5 Å². The summed E-state index contributed by atoms with van der Waals surface area (Å²) in [7, 11) is 0. The molecule has 4 aromatic carbocycles. The molecule has 0 spiro atoms. The number of esters is 2. The molecule has 0 aliphatic rings. The van der Waals surface area contributed by atoms with Crippen molar-refractivity contribution in [2.45, 2.75) is 13.8 Å². The van der Waals surface area contributed by atoms with Gasteiger partial charge in [-0.25, -0.2) is 9.59 Å². The molecule has 164 valence electrons. The van der Waals surface area contributed by atoms with Gasteiger partial charge >= 0.3 is 11.9 Å². The third-order valence-corrected chi connectivity index (χ3v) is 4.96. The summed E-state index contributed by atoms with van der Waals surface area (Å²) < 4.78 is 17.5. The van der Waals surface area contributed by atoms with Crippen LogP contribution in [-0.2, 0) is 9.59 Å². The first-order valence-corrected chi connectivity index (χ1v) is 10.3. The maximum Gasteiger partial charge on any atom is 0.338 e. The first kappa shape index (κ1) is 21.8. The summed E-state index contributed by atoms with van der Waals surface area (Å²) >= 11 is 0. The summed E-state index contributed by atoms with van der Waals surface area (Å²) in [5.74, 6) is 0.790. The second kappa shape index (κ2) is 9.01. The van der Waals surface area contributed by atoms with E-state index in [1.54, 1.807) is 38.1 Å². The molecule has 0 aliphatic heterocycles. The fraction of sp³-hybridized carbons (Fsp3) is 0.0714. The second-order valence-corrected chi connectivity index (χ2v) is 7.67. The molecule has 0 heterocycles. The van der Waals surface area contributed by atoms with Crippen molar-refractivity contribution in [2.75, 3.05) is 0 Å². The van der Waals surface area contributed by atoms with Crippen LogP contribution in [0.3, 0.4) is 0 Å². The minimum atomic E-state index is -0.553. The standard InChI is InChI=1S/C28H22O5/c1-17(2)27(29)32-25-21-12-8-9-13-22(21)26(33-28(30)18(3)4)24-16-20(14-15-23(24)25)31-19-10-6-5-7-11-19/h5-16H,1,3H2,2,4H3. The van der Waals surface area contributed by atoms with E-state index in [0.717, 1.165) is 0 Å². The van der Waals surface area contributed by atoms with Crippen LogP contribution in [0.25, 0.3) is 21.5 Å². The van der Waals surface area contributed by atoms with E-state index >= 15 is 0 Å². The number of para-hydroxylation sites is 1. The Balaban J connectivity index is 1.98. The van der Waals surface area contributed by atoms with Gasteiger partial charge in [-0.3, -0.25) is 0 Å². The van der Waals surface area contributed by atoms with E-state index in [2.05, 4.69) is 13.2 Å². The summed E-state index contributed by atoms with van der Waals surface area (Å²) in [6.07, 6.45) is 0. The molecule has 0 aromatic heterocycles. The first-order valence-electron chi connectivity index (χ1n) is 10.3. The van der Waals surface area contributed by atoms with Crippen molar-refractivity contribution in [3.63, 3.8) is 0 Å². The molecule has 0 bridgehead atoms. The smallest absolute Gasteiger partial charge is 0.338 e. The lowest BCUT2D eigenvalue weighted by atomic mass is 10.00. The highest BCUT2D eigenvalue weighted by atomic mass is 16.5. The number of carbonyl (C=O) groups excluding carboxylic acids is 2. The largest absolute Gasteiger partial charge is 0.457 e. The van der Waals surface area contributed by atoms with E-state index in [-0.39, 0.29) is 11.1 Å². The molecule has 0 N–H and O–H groups in total. The molecule has 0 unspecified atom stereocenters. The Morgan fingerprint density at radius 2 is 1.09 bits per heavy atom. The number of hydrogen-bond acceptors (Lipinski definition) is 5. The van der Waals surface area contributed by atoms with Crippen molar-refractivity contribution in [3.8, 4) is 23.0 Å². The number of rotatable bonds is 6. The quantitative estimate of drug-likeness (QED) is 0.144. The van der Waals surface area contributed by atoms with E-state index in [1.165, 1.54) is 0 Å². The predicted octanol–water partition coefficient (Wildman–Crippen LogP) is 6.75. The zero-order chi connectivity index (χ0) is 23.5. The van der Waals surface area contributed by atoms with Crippen LogP contribution in [-0.4, -0.2) is 11.9 Å². The van der Waals surface area contributed by atoms with Crippen LogP contribution in [0.1, 0.15) is 13.8 Å². The SMILES string of the molecule is C=C(C)C(=O)Oc1c2ccccc2c(OC(=O)C(=C)C)c2cc(Oc3ccccc3)ccc12. The highest BCUT2D eigenvalue weighted by Crippen LogP contribution is 2.44. The molecule has 0 atom stereocenters. The van der Waals surface area contributed by atoms with Crippen LogP contribution in [0.2, 0.25) is 0 Å². The van der Waals surface area contributed by atoms with E-state index in [9.17, 15) is 9.59 Å². The number of hydrogen-bond donors (Lipinski definition) is 0. The van der Waals surface area contributed by atoms with Gasteiger partial charge in [-0.05, 0) is 44.2 Å². The Morgan fingerprint density at radius 3 is 1.64 bits per heavy atom. The lowest BCUT2D eigenvalue weighted by molar-refractivity contribution is -0.130. The molecule has 0 saturated carbocycles. The molecule has 0 aliphatic carbocycles.